The van der Waals surface area contributed by atoms with Gasteiger partial charge in [0.2, 0.25) is 0 Å². The summed E-state index contributed by atoms with van der Waals surface area (Å²) in [4.78, 5) is 24.4. The molecule has 0 saturated carbocycles. The van der Waals surface area contributed by atoms with Gasteiger partial charge in [-0.1, -0.05) is 30.6 Å². The second-order valence-electron chi connectivity index (χ2n) is 6.76. The van der Waals surface area contributed by atoms with Crippen LogP contribution in [0.5, 0.6) is 11.5 Å². The van der Waals surface area contributed by atoms with E-state index < -0.39 is 0 Å². The summed E-state index contributed by atoms with van der Waals surface area (Å²) in [7, 11) is 1.52. The summed E-state index contributed by atoms with van der Waals surface area (Å²) in [6.07, 6.45) is 1.91. The lowest BCUT2D eigenvalue weighted by atomic mass is 10.2. The molecule has 0 saturated heterocycles. The van der Waals surface area contributed by atoms with E-state index in [9.17, 15) is 9.59 Å². The fourth-order valence-corrected chi connectivity index (χ4v) is 2.78. The van der Waals surface area contributed by atoms with E-state index in [4.69, 9.17) is 14.0 Å². The highest BCUT2D eigenvalue weighted by Gasteiger charge is 2.13. The number of aromatic nitrogens is 1. The number of amides is 2. The predicted molar refractivity (Wildman–Crippen MR) is 115 cm³/mol. The van der Waals surface area contributed by atoms with Gasteiger partial charge in [0.25, 0.3) is 11.8 Å². The van der Waals surface area contributed by atoms with E-state index in [0.29, 0.717) is 35.1 Å². The van der Waals surface area contributed by atoms with E-state index in [0.717, 1.165) is 12.8 Å². The van der Waals surface area contributed by atoms with Crippen LogP contribution in [0.1, 0.15) is 46.4 Å². The monoisotopic (exact) mass is 423 g/mol. The third-order valence-electron chi connectivity index (χ3n) is 4.45. The lowest BCUT2D eigenvalue weighted by Gasteiger charge is -2.10. The number of anilines is 1. The van der Waals surface area contributed by atoms with Crippen molar-refractivity contribution in [1.82, 2.24) is 10.5 Å². The first-order chi connectivity index (χ1) is 15.1. The molecule has 8 nitrogen and oxygen atoms in total. The van der Waals surface area contributed by atoms with Crippen LogP contribution in [0, 0.1) is 0 Å². The Morgan fingerprint density at radius 1 is 1.06 bits per heavy atom. The molecule has 0 bridgehead atoms. The van der Waals surface area contributed by atoms with Crippen molar-refractivity contribution in [2.24, 2.45) is 0 Å². The van der Waals surface area contributed by atoms with E-state index in [1.165, 1.54) is 7.11 Å². The molecule has 0 atom stereocenters. The Bertz CT molecular complexity index is 1010. The van der Waals surface area contributed by atoms with Crippen LogP contribution in [0.2, 0.25) is 0 Å². The van der Waals surface area contributed by atoms with Crippen LogP contribution in [0.3, 0.4) is 0 Å². The second kappa shape index (κ2) is 10.8. The maximum atomic E-state index is 12.5. The number of nitrogens with zero attached hydrogens (tertiary/aromatic N) is 1. The number of hydrogen-bond donors (Lipinski definition) is 2. The second-order valence-corrected chi connectivity index (χ2v) is 6.76. The highest BCUT2D eigenvalue weighted by atomic mass is 16.5. The molecule has 2 N–H and O–H groups in total. The van der Waals surface area contributed by atoms with Crippen molar-refractivity contribution in [3.05, 3.63) is 71.6 Å². The summed E-state index contributed by atoms with van der Waals surface area (Å²) in [5.74, 6) is 0.997. The van der Waals surface area contributed by atoms with Crippen LogP contribution < -0.4 is 20.1 Å². The minimum absolute atomic E-state index is 0.127. The largest absolute Gasteiger partial charge is 0.496 e. The van der Waals surface area contributed by atoms with Crippen LogP contribution in [-0.2, 0) is 6.61 Å². The Labute approximate surface area is 180 Å². The molecule has 0 aliphatic heterocycles. The smallest absolute Gasteiger partial charge is 0.273 e. The van der Waals surface area contributed by atoms with Gasteiger partial charge in [-0.2, -0.15) is 0 Å². The van der Waals surface area contributed by atoms with E-state index in [1.54, 1.807) is 54.6 Å². The van der Waals surface area contributed by atoms with Gasteiger partial charge in [-0.25, -0.2) is 0 Å². The minimum atomic E-state index is -0.266. The predicted octanol–water partition coefficient (Wildman–Crippen LogP) is 4.04. The molecular formula is C23H25N3O5. The van der Waals surface area contributed by atoms with Crippen molar-refractivity contribution in [3.8, 4) is 11.5 Å². The van der Waals surface area contributed by atoms with Crippen molar-refractivity contribution >= 4 is 17.5 Å². The molecule has 0 spiro atoms. The Morgan fingerprint density at radius 2 is 1.84 bits per heavy atom. The normalized spacial score (nSPS) is 10.4. The lowest BCUT2D eigenvalue weighted by molar-refractivity contribution is 0.0943. The van der Waals surface area contributed by atoms with Crippen molar-refractivity contribution < 1.29 is 23.6 Å². The molecular weight excluding hydrogens is 398 g/mol. The number of benzene rings is 2. The highest BCUT2D eigenvalue weighted by molar-refractivity contribution is 6.06. The zero-order valence-corrected chi connectivity index (χ0v) is 17.5. The zero-order chi connectivity index (χ0) is 22.1. The number of para-hydroxylation sites is 1. The first-order valence-corrected chi connectivity index (χ1v) is 10.0. The first kappa shape index (κ1) is 21.9. The average Bonchev–Trinajstić information content (AvgIpc) is 3.28. The van der Waals surface area contributed by atoms with Crippen molar-refractivity contribution in [1.29, 1.82) is 0 Å². The third kappa shape index (κ3) is 6.08. The Morgan fingerprint density at radius 3 is 2.58 bits per heavy atom. The molecule has 0 aliphatic rings. The van der Waals surface area contributed by atoms with Crippen LogP contribution >= 0.6 is 0 Å². The maximum Gasteiger partial charge on any atom is 0.273 e. The average molecular weight is 423 g/mol. The van der Waals surface area contributed by atoms with Crippen LogP contribution in [0.25, 0.3) is 0 Å². The number of nitrogens with one attached hydrogen (secondary N) is 2. The highest BCUT2D eigenvalue weighted by Crippen LogP contribution is 2.21. The van der Waals surface area contributed by atoms with Crippen LogP contribution in [0.4, 0.5) is 5.69 Å². The van der Waals surface area contributed by atoms with E-state index in [1.807, 2.05) is 0 Å². The van der Waals surface area contributed by atoms with E-state index >= 15 is 0 Å². The van der Waals surface area contributed by atoms with Gasteiger partial charge in [-0.3, -0.25) is 9.59 Å². The fourth-order valence-electron chi connectivity index (χ4n) is 2.78. The molecule has 3 rings (SSSR count). The fraction of sp³-hybridized carbons (Fsp3) is 0.261. The molecule has 3 aromatic rings. The Balaban J connectivity index is 1.52. The summed E-state index contributed by atoms with van der Waals surface area (Å²) in [6, 6.07) is 15.5. The third-order valence-corrected chi connectivity index (χ3v) is 4.45. The van der Waals surface area contributed by atoms with Gasteiger partial charge in [0.05, 0.1) is 12.7 Å². The van der Waals surface area contributed by atoms with Crippen LogP contribution in [-0.4, -0.2) is 30.6 Å². The summed E-state index contributed by atoms with van der Waals surface area (Å²) >= 11 is 0. The number of methoxy groups -OCH3 is 1. The van der Waals surface area contributed by atoms with E-state index in [-0.39, 0.29) is 24.1 Å². The molecule has 2 amide bonds. The number of ether oxygens (including phenoxy) is 2. The lowest BCUT2D eigenvalue weighted by Crippen LogP contribution is -2.24. The van der Waals surface area contributed by atoms with Gasteiger partial charge in [0, 0.05) is 18.3 Å². The minimum Gasteiger partial charge on any atom is -0.496 e. The maximum absolute atomic E-state index is 12.5. The van der Waals surface area contributed by atoms with Gasteiger partial charge >= 0.3 is 0 Å². The molecule has 0 unspecified atom stereocenters. The summed E-state index contributed by atoms with van der Waals surface area (Å²) < 4.78 is 16.0. The molecule has 162 valence electrons. The molecule has 1 aromatic heterocycles. The summed E-state index contributed by atoms with van der Waals surface area (Å²) in [6.45, 7) is 2.79. The zero-order valence-electron chi connectivity index (χ0n) is 17.5. The SMILES string of the molecule is CCCCNC(=O)c1cc(COc2ccc(NC(=O)c3ccccc3OC)cc2)on1. The number of hydrogen-bond acceptors (Lipinski definition) is 6. The molecule has 0 fully saturated rings. The topological polar surface area (TPSA) is 103 Å². The quantitative estimate of drug-likeness (QED) is 0.477. The van der Waals surface area contributed by atoms with Crippen molar-refractivity contribution in [3.63, 3.8) is 0 Å². The van der Waals surface area contributed by atoms with Gasteiger partial charge in [0.15, 0.2) is 11.5 Å². The molecule has 0 radical (unpaired) electrons. The summed E-state index contributed by atoms with van der Waals surface area (Å²) in [5, 5.41) is 9.38. The number of carbonyl (C=O) groups is 2. The molecule has 0 aliphatic carbocycles. The van der Waals surface area contributed by atoms with Gasteiger partial charge in [0.1, 0.15) is 18.1 Å². The number of unbranched alkanes of at least 4 members (excludes halogenated alkanes) is 1. The summed E-state index contributed by atoms with van der Waals surface area (Å²) in [5.41, 5.74) is 1.29. The Hall–Kier alpha value is -3.81. The molecule has 8 heteroatoms. The number of rotatable bonds is 10. The van der Waals surface area contributed by atoms with Crippen molar-refractivity contribution in [2.45, 2.75) is 26.4 Å². The van der Waals surface area contributed by atoms with Crippen LogP contribution in [0.15, 0.2) is 59.1 Å². The molecule has 2 aromatic carbocycles. The van der Waals surface area contributed by atoms with Gasteiger partial charge < -0.3 is 24.6 Å². The Kier molecular flexibility index (Phi) is 7.64. The van der Waals surface area contributed by atoms with Gasteiger partial charge in [-0.05, 0) is 42.8 Å². The molecule has 1 heterocycles. The van der Waals surface area contributed by atoms with Crippen molar-refractivity contribution in [2.75, 3.05) is 19.0 Å². The first-order valence-electron chi connectivity index (χ1n) is 10.0. The number of carbonyl (C=O) groups excluding carboxylic acids is 2. The van der Waals surface area contributed by atoms with E-state index in [2.05, 4.69) is 22.7 Å². The van der Waals surface area contributed by atoms with Gasteiger partial charge in [-0.15, -0.1) is 0 Å². The standard InChI is InChI=1S/C23H25N3O5/c1-3-4-13-24-23(28)20-14-18(31-26-20)15-30-17-11-9-16(10-12-17)25-22(27)19-7-5-6-8-21(19)29-2/h5-12,14H,3-4,13,15H2,1-2H3,(H,24,28)(H,25,27). The molecule has 31 heavy (non-hydrogen) atoms.